The van der Waals surface area contributed by atoms with Crippen molar-refractivity contribution in [3.8, 4) is 0 Å². The molecule has 0 atom stereocenters. The summed E-state index contributed by atoms with van der Waals surface area (Å²) in [5, 5.41) is 3.39. The molecule has 1 heterocycles. The van der Waals surface area contributed by atoms with E-state index >= 15 is 0 Å². The van der Waals surface area contributed by atoms with Crippen LogP contribution in [0, 0.1) is 5.82 Å². The molecule has 106 valence electrons. The number of pyridine rings is 1. The van der Waals surface area contributed by atoms with Crippen molar-refractivity contribution in [3.05, 3.63) is 54.1 Å². The molecule has 0 spiro atoms. The lowest BCUT2D eigenvalue weighted by molar-refractivity contribution is 0.628. The van der Waals surface area contributed by atoms with E-state index in [-0.39, 0.29) is 5.82 Å². The molecule has 4 heteroatoms. The molecule has 20 heavy (non-hydrogen) atoms. The van der Waals surface area contributed by atoms with Gasteiger partial charge in [0.05, 0.1) is 11.9 Å². The second-order valence-electron chi connectivity index (χ2n) is 4.72. The van der Waals surface area contributed by atoms with E-state index < -0.39 is 0 Å². The average molecular weight is 273 g/mol. The van der Waals surface area contributed by atoms with Crippen molar-refractivity contribution in [2.75, 3.05) is 18.5 Å². The lowest BCUT2D eigenvalue weighted by Crippen LogP contribution is -2.18. The zero-order valence-electron chi connectivity index (χ0n) is 11.9. The van der Waals surface area contributed by atoms with Crippen molar-refractivity contribution >= 4 is 11.4 Å². The molecule has 0 aliphatic rings. The topological polar surface area (TPSA) is 28.2 Å². The standard InChI is InChI=1S/C16H20FN3/c1-3-9-18-11-13-8-10-19-12-16(13)20(2)15-6-4-14(17)5-7-15/h4-8,10,12,18H,3,9,11H2,1-2H3. The number of hydrogen-bond acceptors (Lipinski definition) is 3. The maximum Gasteiger partial charge on any atom is 0.123 e. The van der Waals surface area contributed by atoms with Crippen LogP contribution in [-0.2, 0) is 6.54 Å². The first-order valence-electron chi connectivity index (χ1n) is 6.85. The van der Waals surface area contributed by atoms with Crippen molar-refractivity contribution in [1.29, 1.82) is 0 Å². The fourth-order valence-electron chi connectivity index (χ4n) is 2.07. The van der Waals surface area contributed by atoms with Gasteiger partial charge in [-0.2, -0.15) is 0 Å². The first-order chi connectivity index (χ1) is 9.72. The van der Waals surface area contributed by atoms with E-state index in [1.807, 2.05) is 24.2 Å². The Bertz CT molecular complexity index is 540. The molecule has 0 radical (unpaired) electrons. The molecular formula is C16H20FN3. The summed E-state index contributed by atoms with van der Waals surface area (Å²) in [6, 6.07) is 8.49. The lowest BCUT2D eigenvalue weighted by Gasteiger charge is -2.22. The minimum absolute atomic E-state index is 0.224. The van der Waals surface area contributed by atoms with E-state index in [4.69, 9.17) is 0 Å². The summed E-state index contributed by atoms with van der Waals surface area (Å²) in [5.74, 6) is -0.224. The van der Waals surface area contributed by atoms with Crippen LogP contribution < -0.4 is 10.2 Å². The number of hydrogen-bond donors (Lipinski definition) is 1. The summed E-state index contributed by atoms with van der Waals surface area (Å²) in [6.07, 6.45) is 4.74. The van der Waals surface area contributed by atoms with Crippen LogP contribution in [0.4, 0.5) is 15.8 Å². The fourth-order valence-corrected chi connectivity index (χ4v) is 2.07. The second kappa shape index (κ2) is 7.01. The zero-order chi connectivity index (χ0) is 14.4. The van der Waals surface area contributed by atoms with Crippen LogP contribution in [0.15, 0.2) is 42.7 Å². The molecule has 1 N–H and O–H groups in total. The number of nitrogens with one attached hydrogen (secondary N) is 1. The Morgan fingerprint density at radius 3 is 2.65 bits per heavy atom. The van der Waals surface area contributed by atoms with Crippen LogP contribution in [0.2, 0.25) is 0 Å². The first-order valence-corrected chi connectivity index (χ1v) is 6.85. The van der Waals surface area contributed by atoms with Gasteiger partial charge in [-0.3, -0.25) is 4.98 Å². The van der Waals surface area contributed by atoms with Gasteiger partial charge in [-0.15, -0.1) is 0 Å². The summed E-state index contributed by atoms with van der Waals surface area (Å²) >= 11 is 0. The highest BCUT2D eigenvalue weighted by Gasteiger charge is 2.09. The zero-order valence-corrected chi connectivity index (χ0v) is 11.9. The maximum atomic E-state index is 13.0. The molecule has 0 unspecified atom stereocenters. The Kier molecular flexibility index (Phi) is 5.07. The average Bonchev–Trinajstić information content (AvgIpc) is 2.48. The fraction of sp³-hybridized carbons (Fsp3) is 0.312. The number of aromatic nitrogens is 1. The number of halogens is 1. The van der Waals surface area contributed by atoms with Gasteiger partial charge in [0.1, 0.15) is 5.82 Å². The molecule has 2 aromatic rings. The summed E-state index contributed by atoms with van der Waals surface area (Å²) in [5.41, 5.74) is 3.15. The van der Waals surface area contributed by atoms with Gasteiger partial charge < -0.3 is 10.2 Å². The first kappa shape index (κ1) is 14.5. The van der Waals surface area contributed by atoms with Crippen LogP contribution in [0.5, 0.6) is 0 Å². The van der Waals surface area contributed by atoms with Gasteiger partial charge >= 0.3 is 0 Å². The monoisotopic (exact) mass is 273 g/mol. The third kappa shape index (κ3) is 3.54. The molecule has 0 aliphatic carbocycles. The predicted molar refractivity (Wildman–Crippen MR) is 80.7 cm³/mol. The van der Waals surface area contributed by atoms with Gasteiger partial charge in [0.15, 0.2) is 0 Å². The smallest absolute Gasteiger partial charge is 0.123 e. The minimum atomic E-state index is -0.224. The van der Waals surface area contributed by atoms with Crippen LogP contribution in [0.3, 0.4) is 0 Å². The molecule has 3 nitrogen and oxygen atoms in total. The predicted octanol–water partition coefficient (Wildman–Crippen LogP) is 3.49. The molecule has 0 bridgehead atoms. The highest BCUT2D eigenvalue weighted by molar-refractivity contribution is 5.64. The van der Waals surface area contributed by atoms with Crippen molar-refractivity contribution in [3.63, 3.8) is 0 Å². The molecule has 0 saturated heterocycles. The highest BCUT2D eigenvalue weighted by atomic mass is 19.1. The van der Waals surface area contributed by atoms with E-state index in [9.17, 15) is 4.39 Å². The molecule has 0 saturated carbocycles. The number of anilines is 2. The van der Waals surface area contributed by atoms with Gasteiger partial charge in [-0.05, 0) is 48.9 Å². The van der Waals surface area contributed by atoms with E-state index in [2.05, 4.69) is 17.2 Å². The Hall–Kier alpha value is -1.94. The van der Waals surface area contributed by atoms with Crippen LogP contribution >= 0.6 is 0 Å². The number of nitrogens with zero attached hydrogens (tertiary/aromatic N) is 2. The second-order valence-corrected chi connectivity index (χ2v) is 4.72. The van der Waals surface area contributed by atoms with Crippen molar-refractivity contribution < 1.29 is 4.39 Å². The molecule has 0 aliphatic heterocycles. The molecule has 0 fully saturated rings. The summed E-state index contributed by atoms with van der Waals surface area (Å²) in [7, 11) is 1.97. The quantitative estimate of drug-likeness (QED) is 0.817. The van der Waals surface area contributed by atoms with Crippen molar-refractivity contribution in [1.82, 2.24) is 10.3 Å². The van der Waals surface area contributed by atoms with Gasteiger partial charge in [0.25, 0.3) is 0 Å². The van der Waals surface area contributed by atoms with E-state index in [1.165, 1.54) is 17.7 Å². The summed E-state index contributed by atoms with van der Waals surface area (Å²) < 4.78 is 13.0. The Morgan fingerprint density at radius 2 is 1.95 bits per heavy atom. The third-order valence-corrected chi connectivity index (χ3v) is 3.21. The lowest BCUT2D eigenvalue weighted by atomic mass is 10.2. The molecule has 2 rings (SSSR count). The van der Waals surface area contributed by atoms with Gasteiger partial charge in [0.2, 0.25) is 0 Å². The largest absolute Gasteiger partial charge is 0.343 e. The van der Waals surface area contributed by atoms with Crippen LogP contribution in [-0.4, -0.2) is 18.6 Å². The van der Waals surface area contributed by atoms with E-state index in [0.29, 0.717) is 0 Å². The van der Waals surface area contributed by atoms with E-state index in [0.717, 1.165) is 30.9 Å². The normalized spacial score (nSPS) is 10.6. The molecule has 1 aromatic heterocycles. The SMILES string of the molecule is CCCNCc1ccncc1N(C)c1ccc(F)cc1. The van der Waals surface area contributed by atoms with Crippen LogP contribution in [0.25, 0.3) is 0 Å². The Morgan fingerprint density at radius 1 is 1.20 bits per heavy atom. The minimum Gasteiger partial charge on any atom is -0.343 e. The number of benzene rings is 1. The Labute approximate surface area is 119 Å². The summed E-state index contributed by atoms with van der Waals surface area (Å²) in [6.45, 7) is 3.93. The van der Waals surface area contributed by atoms with Gasteiger partial charge in [-0.25, -0.2) is 4.39 Å². The summed E-state index contributed by atoms with van der Waals surface area (Å²) in [4.78, 5) is 6.22. The molecule has 0 amide bonds. The van der Waals surface area contributed by atoms with Crippen molar-refractivity contribution in [2.45, 2.75) is 19.9 Å². The molecular weight excluding hydrogens is 253 g/mol. The molecule has 1 aromatic carbocycles. The maximum absolute atomic E-state index is 13.0. The number of rotatable bonds is 6. The van der Waals surface area contributed by atoms with Gasteiger partial charge in [-0.1, -0.05) is 6.92 Å². The third-order valence-electron chi connectivity index (χ3n) is 3.21. The Balaban J connectivity index is 2.20. The van der Waals surface area contributed by atoms with Crippen LogP contribution in [0.1, 0.15) is 18.9 Å². The van der Waals surface area contributed by atoms with E-state index in [1.54, 1.807) is 18.3 Å². The van der Waals surface area contributed by atoms with Gasteiger partial charge in [0, 0.05) is 25.5 Å². The highest BCUT2D eigenvalue weighted by Crippen LogP contribution is 2.26. The van der Waals surface area contributed by atoms with Crippen molar-refractivity contribution in [2.24, 2.45) is 0 Å².